The molecule has 0 bridgehead atoms. The zero-order chi connectivity index (χ0) is 19.7. The van der Waals surface area contributed by atoms with Gasteiger partial charge in [-0.1, -0.05) is 0 Å². The van der Waals surface area contributed by atoms with Crippen molar-refractivity contribution in [2.24, 2.45) is 0 Å². The van der Waals surface area contributed by atoms with Gasteiger partial charge in [0.15, 0.2) is 0 Å². The van der Waals surface area contributed by atoms with Crippen LogP contribution in [-0.2, 0) is 0 Å². The average Bonchev–Trinajstić information content (AvgIpc) is 3.22. The van der Waals surface area contributed by atoms with Gasteiger partial charge in [-0.15, -0.1) is 0 Å². The Morgan fingerprint density at radius 2 is 1.79 bits per heavy atom. The molecule has 2 heterocycles. The number of hydrogen-bond acceptors (Lipinski definition) is 5. The summed E-state index contributed by atoms with van der Waals surface area (Å²) in [4.78, 5) is 23.5. The first-order valence-electron chi connectivity index (χ1n) is 9.23. The maximum atomic E-state index is 14.6. The zero-order valence-electron chi connectivity index (χ0n) is 15.8. The first-order valence-corrected chi connectivity index (χ1v) is 9.23. The Balaban J connectivity index is 1.64. The van der Waals surface area contributed by atoms with Crippen molar-refractivity contribution in [1.82, 2.24) is 9.97 Å². The van der Waals surface area contributed by atoms with Crippen molar-refractivity contribution < 1.29 is 13.9 Å². The summed E-state index contributed by atoms with van der Waals surface area (Å²) in [6, 6.07) is 10.1. The number of rotatable bonds is 4. The molecule has 1 aliphatic heterocycles. The summed E-state index contributed by atoms with van der Waals surface area (Å²) in [5.74, 6) is -0.0286. The van der Waals surface area contributed by atoms with E-state index >= 15 is 0 Å². The number of carbonyl (C=O) groups excluding carboxylic acids is 1. The standard InChI is InChI=1S/C21H21FN4O2/c1-13-20(21(27)24-14-5-7-15(28-2)8-6-14)25-17-11-16(22)19(12-18(17)23-13)26-9-3-4-10-26/h5-8,11-12H,3-4,9-10H2,1-2H3,(H,24,27). The van der Waals surface area contributed by atoms with Crippen LogP contribution in [0.4, 0.5) is 15.8 Å². The molecule has 1 aromatic heterocycles. The normalized spacial score (nSPS) is 13.8. The van der Waals surface area contributed by atoms with E-state index in [0.717, 1.165) is 25.9 Å². The van der Waals surface area contributed by atoms with Gasteiger partial charge in [-0.2, -0.15) is 0 Å². The maximum absolute atomic E-state index is 14.6. The number of fused-ring (bicyclic) bond motifs is 1. The smallest absolute Gasteiger partial charge is 0.276 e. The molecule has 3 aromatic rings. The monoisotopic (exact) mass is 380 g/mol. The SMILES string of the molecule is COc1ccc(NC(=O)c2nc3cc(F)c(N4CCCC4)cc3nc2C)cc1. The quantitative estimate of drug-likeness (QED) is 0.743. The third kappa shape index (κ3) is 3.47. The number of carbonyl (C=O) groups is 1. The third-order valence-corrected chi connectivity index (χ3v) is 4.92. The van der Waals surface area contributed by atoms with Gasteiger partial charge in [0.25, 0.3) is 5.91 Å². The second-order valence-electron chi connectivity index (χ2n) is 6.83. The lowest BCUT2D eigenvalue weighted by molar-refractivity contribution is 0.102. The number of amides is 1. The van der Waals surface area contributed by atoms with E-state index in [-0.39, 0.29) is 17.4 Å². The second-order valence-corrected chi connectivity index (χ2v) is 6.83. The lowest BCUT2D eigenvalue weighted by atomic mass is 10.2. The number of ether oxygens (including phenoxy) is 1. The van der Waals surface area contributed by atoms with Crippen LogP contribution in [0.15, 0.2) is 36.4 Å². The highest BCUT2D eigenvalue weighted by molar-refractivity contribution is 6.04. The van der Waals surface area contributed by atoms with Gasteiger partial charge in [0.1, 0.15) is 17.3 Å². The van der Waals surface area contributed by atoms with Crippen molar-refractivity contribution in [3.8, 4) is 5.75 Å². The molecule has 28 heavy (non-hydrogen) atoms. The Kier molecular flexibility index (Phi) is 4.81. The van der Waals surface area contributed by atoms with Crippen LogP contribution >= 0.6 is 0 Å². The number of nitrogens with zero attached hydrogens (tertiary/aromatic N) is 3. The van der Waals surface area contributed by atoms with Crippen LogP contribution in [0.3, 0.4) is 0 Å². The molecule has 1 aliphatic rings. The number of halogens is 1. The summed E-state index contributed by atoms with van der Waals surface area (Å²) >= 11 is 0. The molecule has 1 fully saturated rings. The van der Waals surface area contributed by atoms with Crippen LogP contribution < -0.4 is 15.0 Å². The zero-order valence-corrected chi connectivity index (χ0v) is 15.8. The molecular weight excluding hydrogens is 359 g/mol. The van der Waals surface area contributed by atoms with Crippen LogP contribution in [0.1, 0.15) is 29.0 Å². The van der Waals surface area contributed by atoms with Gasteiger partial charge in [0.2, 0.25) is 0 Å². The minimum Gasteiger partial charge on any atom is -0.497 e. The number of methoxy groups -OCH3 is 1. The fourth-order valence-corrected chi connectivity index (χ4v) is 3.43. The van der Waals surface area contributed by atoms with Crippen molar-refractivity contribution in [2.75, 3.05) is 30.4 Å². The van der Waals surface area contributed by atoms with Crippen LogP contribution in [0.25, 0.3) is 11.0 Å². The highest BCUT2D eigenvalue weighted by Gasteiger charge is 2.19. The molecule has 0 spiro atoms. The lowest BCUT2D eigenvalue weighted by Gasteiger charge is -2.19. The molecule has 0 unspecified atom stereocenters. The number of benzene rings is 2. The van der Waals surface area contributed by atoms with E-state index in [1.165, 1.54) is 6.07 Å². The highest BCUT2D eigenvalue weighted by atomic mass is 19.1. The van der Waals surface area contributed by atoms with E-state index in [1.807, 2.05) is 4.90 Å². The van der Waals surface area contributed by atoms with Gasteiger partial charge >= 0.3 is 0 Å². The van der Waals surface area contributed by atoms with Gasteiger partial charge in [-0.05, 0) is 50.1 Å². The topological polar surface area (TPSA) is 67.3 Å². The molecule has 1 N–H and O–H groups in total. The van der Waals surface area contributed by atoms with Gasteiger partial charge < -0.3 is 15.0 Å². The maximum Gasteiger partial charge on any atom is 0.276 e. The molecule has 0 radical (unpaired) electrons. The van der Waals surface area contributed by atoms with Crippen LogP contribution in [0.5, 0.6) is 5.75 Å². The number of nitrogens with one attached hydrogen (secondary N) is 1. The summed E-state index contributed by atoms with van der Waals surface area (Å²) in [7, 11) is 1.58. The molecule has 4 rings (SSSR count). The molecule has 2 aromatic carbocycles. The second kappa shape index (κ2) is 7.42. The summed E-state index contributed by atoms with van der Waals surface area (Å²) in [5, 5.41) is 2.79. The van der Waals surface area contributed by atoms with E-state index < -0.39 is 0 Å². The summed E-state index contributed by atoms with van der Waals surface area (Å²) < 4.78 is 19.7. The van der Waals surface area contributed by atoms with E-state index in [1.54, 1.807) is 44.4 Å². The van der Waals surface area contributed by atoms with Crippen molar-refractivity contribution in [1.29, 1.82) is 0 Å². The average molecular weight is 380 g/mol. The first-order chi connectivity index (χ1) is 13.5. The molecule has 0 saturated carbocycles. The molecule has 1 saturated heterocycles. The number of aromatic nitrogens is 2. The lowest BCUT2D eigenvalue weighted by Crippen LogP contribution is -2.19. The Morgan fingerprint density at radius 3 is 2.46 bits per heavy atom. The Labute approximate surface area is 162 Å². The minimum absolute atomic E-state index is 0.177. The highest BCUT2D eigenvalue weighted by Crippen LogP contribution is 2.28. The fourth-order valence-electron chi connectivity index (χ4n) is 3.43. The van der Waals surface area contributed by atoms with Crippen molar-refractivity contribution >= 4 is 28.3 Å². The Hall–Kier alpha value is -3.22. The van der Waals surface area contributed by atoms with E-state index in [9.17, 15) is 9.18 Å². The molecular formula is C21H21FN4O2. The van der Waals surface area contributed by atoms with Crippen molar-refractivity contribution in [3.05, 3.63) is 53.6 Å². The largest absolute Gasteiger partial charge is 0.497 e. The number of aryl methyl sites for hydroxylation is 1. The van der Waals surface area contributed by atoms with Crippen LogP contribution in [0.2, 0.25) is 0 Å². The van der Waals surface area contributed by atoms with E-state index in [2.05, 4.69) is 15.3 Å². The van der Waals surface area contributed by atoms with Gasteiger partial charge in [-0.3, -0.25) is 4.79 Å². The van der Waals surface area contributed by atoms with Crippen LogP contribution in [-0.4, -0.2) is 36.1 Å². The Morgan fingerprint density at radius 1 is 1.11 bits per heavy atom. The summed E-state index contributed by atoms with van der Waals surface area (Å²) in [5.41, 5.74) is 2.79. The number of hydrogen-bond donors (Lipinski definition) is 1. The molecule has 0 aliphatic carbocycles. The van der Waals surface area contributed by atoms with Gasteiger partial charge in [0, 0.05) is 24.8 Å². The summed E-state index contributed by atoms with van der Waals surface area (Å²) in [6.45, 7) is 3.42. The molecule has 1 amide bonds. The predicted molar refractivity (Wildman–Crippen MR) is 107 cm³/mol. The molecule has 0 atom stereocenters. The molecule has 6 nitrogen and oxygen atoms in total. The predicted octanol–water partition coefficient (Wildman–Crippen LogP) is 3.94. The number of anilines is 2. The van der Waals surface area contributed by atoms with Crippen molar-refractivity contribution in [2.45, 2.75) is 19.8 Å². The Bertz CT molecular complexity index is 1030. The van der Waals surface area contributed by atoms with Crippen LogP contribution in [0, 0.1) is 12.7 Å². The molecule has 144 valence electrons. The summed E-state index contributed by atoms with van der Waals surface area (Å²) in [6.07, 6.45) is 2.12. The van der Waals surface area contributed by atoms with E-state index in [0.29, 0.717) is 33.9 Å². The first kappa shape index (κ1) is 18.2. The fraction of sp³-hybridized carbons (Fsp3) is 0.286. The molecule has 7 heteroatoms. The minimum atomic E-state index is -0.388. The third-order valence-electron chi connectivity index (χ3n) is 4.92. The van der Waals surface area contributed by atoms with Crippen molar-refractivity contribution in [3.63, 3.8) is 0 Å². The van der Waals surface area contributed by atoms with Gasteiger partial charge in [-0.25, -0.2) is 14.4 Å². The van der Waals surface area contributed by atoms with Gasteiger partial charge in [0.05, 0.1) is 29.5 Å². The van der Waals surface area contributed by atoms with E-state index in [4.69, 9.17) is 4.74 Å².